The number of ether oxygens (including phenoxy) is 1. The smallest absolute Gasteiger partial charge is 0.0513 e. The van der Waals surface area contributed by atoms with Crippen LogP contribution in [0.1, 0.15) is 23.6 Å². The summed E-state index contributed by atoms with van der Waals surface area (Å²) in [5.41, 5.74) is 8.68. The van der Waals surface area contributed by atoms with E-state index in [-0.39, 0.29) is 6.04 Å². The van der Waals surface area contributed by atoms with Crippen LogP contribution in [0.15, 0.2) is 24.3 Å². The van der Waals surface area contributed by atoms with E-state index in [0.29, 0.717) is 5.92 Å². The van der Waals surface area contributed by atoms with Crippen molar-refractivity contribution in [3.63, 3.8) is 0 Å². The minimum atomic E-state index is 0.137. The van der Waals surface area contributed by atoms with Gasteiger partial charge in [-0.2, -0.15) is 0 Å². The fourth-order valence-corrected chi connectivity index (χ4v) is 1.90. The zero-order valence-corrected chi connectivity index (χ0v) is 8.57. The number of hydrogen-bond acceptors (Lipinski definition) is 2. The Bertz CT molecular complexity index is 288. The predicted molar refractivity (Wildman–Crippen MR) is 57.0 cm³/mol. The Morgan fingerprint density at radius 2 is 2.07 bits per heavy atom. The van der Waals surface area contributed by atoms with E-state index in [4.69, 9.17) is 10.5 Å². The van der Waals surface area contributed by atoms with E-state index in [1.807, 2.05) is 0 Å². The van der Waals surface area contributed by atoms with Gasteiger partial charge in [0.2, 0.25) is 0 Å². The largest absolute Gasteiger partial charge is 0.381 e. The summed E-state index contributed by atoms with van der Waals surface area (Å²) in [6.07, 6.45) is 1.09. The molecule has 2 unspecified atom stereocenters. The van der Waals surface area contributed by atoms with E-state index in [2.05, 4.69) is 31.2 Å². The Morgan fingerprint density at radius 3 is 2.64 bits per heavy atom. The Hall–Kier alpha value is -0.860. The van der Waals surface area contributed by atoms with E-state index in [1.165, 1.54) is 11.1 Å². The molecule has 1 fully saturated rings. The number of nitrogens with two attached hydrogens (primary N) is 1. The zero-order valence-electron chi connectivity index (χ0n) is 8.57. The van der Waals surface area contributed by atoms with Crippen LogP contribution in [0.5, 0.6) is 0 Å². The van der Waals surface area contributed by atoms with Gasteiger partial charge in [0, 0.05) is 18.6 Å². The van der Waals surface area contributed by atoms with E-state index >= 15 is 0 Å². The first-order valence-corrected chi connectivity index (χ1v) is 5.17. The Labute approximate surface area is 85.1 Å². The molecule has 0 aliphatic carbocycles. The molecule has 1 aliphatic rings. The summed E-state index contributed by atoms with van der Waals surface area (Å²) in [6, 6.07) is 8.62. The maximum atomic E-state index is 6.17. The van der Waals surface area contributed by atoms with E-state index < -0.39 is 0 Å². The van der Waals surface area contributed by atoms with Gasteiger partial charge in [0.1, 0.15) is 0 Å². The highest BCUT2D eigenvalue weighted by atomic mass is 16.5. The van der Waals surface area contributed by atoms with Crippen LogP contribution in [0.3, 0.4) is 0 Å². The van der Waals surface area contributed by atoms with Crippen LogP contribution in [0.25, 0.3) is 0 Å². The molecule has 0 aromatic heterocycles. The zero-order chi connectivity index (χ0) is 9.97. The highest BCUT2D eigenvalue weighted by Crippen LogP contribution is 2.26. The molecule has 0 spiro atoms. The molecule has 2 atom stereocenters. The van der Waals surface area contributed by atoms with Crippen LogP contribution >= 0.6 is 0 Å². The Balaban J connectivity index is 2.09. The second-order valence-corrected chi connectivity index (χ2v) is 4.06. The predicted octanol–water partition coefficient (Wildman–Crippen LogP) is 2.03. The van der Waals surface area contributed by atoms with Crippen molar-refractivity contribution in [3.05, 3.63) is 35.4 Å². The van der Waals surface area contributed by atoms with Gasteiger partial charge in [0.25, 0.3) is 0 Å². The summed E-state index contributed by atoms with van der Waals surface area (Å²) in [6.45, 7) is 3.77. The molecule has 0 bridgehead atoms. The summed E-state index contributed by atoms with van der Waals surface area (Å²) in [7, 11) is 0. The molecule has 14 heavy (non-hydrogen) atoms. The highest BCUT2D eigenvalue weighted by Gasteiger charge is 2.23. The van der Waals surface area contributed by atoms with Gasteiger partial charge in [0.15, 0.2) is 0 Å². The molecule has 76 valence electrons. The van der Waals surface area contributed by atoms with Crippen molar-refractivity contribution in [2.75, 3.05) is 13.2 Å². The summed E-state index contributed by atoms with van der Waals surface area (Å²) < 4.78 is 5.34. The summed E-state index contributed by atoms with van der Waals surface area (Å²) in [5.74, 6) is 0.498. The van der Waals surface area contributed by atoms with Gasteiger partial charge in [-0.15, -0.1) is 0 Å². The van der Waals surface area contributed by atoms with Crippen molar-refractivity contribution < 1.29 is 4.74 Å². The van der Waals surface area contributed by atoms with Gasteiger partial charge in [-0.05, 0) is 18.9 Å². The molecular formula is C12H17NO. The van der Waals surface area contributed by atoms with Crippen molar-refractivity contribution in [2.24, 2.45) is 11.7 Å². The van der Waals surface area contributed by atoms with Gasteiger partial charge in [0.05, 0.1) is 6.61 Å². The van der Waals surface area contributed by atoms with E-state index in [9.17, 15) is 0 Å². The monoisotopic (exact) mass is 191 g/mol. The van der Waals surface area contributed by atoms with Crippen molar-refractivity contribution in [2.45, 2.75) is 19.4 Å². The molecule has 1 heterocycles. The molecule has 0 saturated carbocycles. The standard InChI is InChI=1S/C12H17NO/c1-9-2-4-10(5-3-9)12(13)11-6-7-14-8-11/h2-5,11-12H,6-8,13H2,1H3. The van der Waals surface area contributed by atoms with Crippen LogP contribution < -0.4 is 5.73 Å². The first-order valence-electron chi connectivity index (χ1n) is 5.17. The van der Waals surface area contributed by atoms with E-state index in [1.54, 1.807) is 0 Å². The summed E-state index contributed by atoms with van der Waals surface area (Å²) in [4.78, 5) is 0. The lowest BCUT2D eigenvalue weighted by Crippen LogP contribution is -2.21. The summed E-state index contributed by atoms with van der Waals surface area (Å²) >= 11 is 0. The minimum Gasteiger partial charge on any atom is -0.381 e. The SMILES string of the molecule is Cc1ccc(C(N)C2CCOC2)cc1. The van der Waals surface area contributed by atoms with Crippen LogP contribution in [-0.4, -0.2) is 13.2 Å². The van der Waals surface area contributed by atoms with Crippen molar-refractivity contribution >= 4 is 0 Å². The first kappa shape index (κ1) is 9.69. The third kappa shape index (κ3) is 1.97. The van der Waals surface area contributed by atoms with Crippen LogP contribution in [0.4, 0.5) is 0 Å². The van der Waals surface area contributed by atoms with Crippen molar-refractivity contribution in [3.8, 4) is 0 Å². The molecular weight excluding hydrogens is 174 g/mol. The second kappa shape index (κ2) is 4.11. The number of aryl methyl sites for hydroxylation is 1. The number of benzene rings is 1. The molecule has 1 aromatic rings. The lowest BCUT2D eigenvalue weighted by Gasteiger charge is -2.17. The minimum absolute atomic E-state index is 0.137. The van der Waals surface area contributed by atoms with Gasteiger partial charge in [-0.3, -0.25) is 0 Å². The lowest BCUT2D eigenvalue weighted by molar-refractivity contribution is 0.181. The molecule has 0 radical (unpaired) electrons. The second-order valence-electron chi connectivity index (χ2n) is 4.06. The number of hydrogen-bond donors (Lipinski definition) is 1. The molecule has 2 heteroatoms. The third-order valence-corrected chi connectivity index (χ3v) is 2.94. The molecule has 2 N–H and O–H groups in total. The molecule has 2 nitrogen and oxygen atoms in total. The normalized spacial score (nSPS) is 23.7. The van der Waals surface area contributed by atoms with Crippen LogP contribution in [0, 0.1) is 12.8 Å². The summed E-state index contributed by atoms with van der Waals surface area (Å²) in [5, 5.41) is 0. The average molecular weight is 191 g/mol. The lowest BCUT2D eigenvalue weighted by atomic mass is 9.93. The molecule has 1 aromatic carbocycles. The quantitative estimate of drug-likeness (QED) is 0.776. The van der Waals surface area contributed by atoms with Gasteiger partial charge in [-0.1, -0.05) is 29.8 Å². The Morgan fingerprint density at radius 1 is 1.36 bits per heavy atom. The fraction of sp³-hybridized carbons (Fsp3) is 0.500. The third-order valence-electron chi connectivity index (χ3n) is 2.94. The van der Waals surface area contributed by atoms with Crippen molar-refractivity contribution in [1.82, 2.24) is 0 Å². The van der Waals surface area contributed by atoms with Gasteiger partial charge < -0.3 is 10.5 Å². The van der Waals surface area contributed by atoms with Crippen molar-refractivity contribution in [1.29, 1.82) is 0 Å². The van der Waals surface area contributed by atoms with Crippen LogP contribution in [-0.2, 0) is 4.74 Å². The van der Waals surface area contributed by atoms with Crippen LogP contribution in [0.2, 0.25) is 0 Å². The Kier molecular flexibility index (Phi) is 2.85. The first-order chi connectivity index (χ1) is 6.77. The molecule has 1 saturated heterocycles. The molecule has 0 amide bonds. The fourth-order valence-electron chi connectivity index (χ4n) is 1.90. The maximum absolute atomic E-state index is 6.17. The average Bonchev–Trinajstić information content (AvgIpc) is 2.71. The molecule has 2 rings (SSSR count). The highest BCUT2D eigenvalue weighted by molar-refractivity contribution is 5.24. The maximum Gasteiger partial charge on any atom is 0.0513 e. The van der Waals surface area contributed by atoms with Gasteiger partial charge in [-0.25, -0.2) is 0 Å². The number of rotatable bonds is 2. The van der Waals surface area contributed by atoms with Gasteiger partial charge >= 0.3 is 0 Å². The molecule has 1 aliphatic heterocycles. The topological polar surface area (TPSA) is 35.2 Å². The van der Waals surface area contributed by atoms with E-state index in [0.717, 1.165) is 19.6 Å².